The Labute approximate surface area is 151 Å². The third-order valence-corrected chi connectivity index (χ3v) is 3.99. The monoisotopic (exact) mass is 356 g/mol. The quantitative estimate of drug-likeness (QED) is 0.451. The molecule has 0 N–H and O–H groups in total. The Balaban J connectivity index is 2.05. The molecule has 0 heterocycles. The molecular formula is C19H20N2O5. The van der Waals surface area contributed by atoms with Crippen LogP contribution in [0.1, 0.15) is 28.4 Å². The zero-order valence-corrected chi connectivity index (χ0v) is 14.8. The van der Waals surface area contributed by atoms with Crippen molar-refractivity contribution in [2.75, 3.05) is 7.05 Å². The lowest BCUT2D eigenvalue weighted by atomic mass is 10.1. The number of benzene rings is 2. The molecule has 7 heteroatoms. The summed E-state index contributed by atoms with van der Waals surface area (Å²) < 4.78 is 5.22. The molecule has 2 rings (SSSR count). The number of nitro groups is 1. The summed E-state index contributed by atoms with van der Waals surface area (Å²) in [6.07, 6.45) is -1.00. The van der Waals surface area contributed by atoms with Crippen molar-refractivity contribution in [1.82, 2.24) is 4.90 Å². The first-order valence-corrected chi connectivity index (χ1v) is 8.05. The number of hydrogen-bond donors (Lipinski definition) is 0. The summed E-state index contributed by atoms with van der Waals surface area (Å²) in [4.78, 5) is 36.6. The van der Waals surface area contributed by atoms with Crippen LogP contribution in [0.2, 0.25) is 0 Å². The summed E-state index contributed by atoms with van der Waals surface area (Å²) in [5.41, 5.74) is 1.07. The van der Waals surface area contributed by atoms with Crippen LogP contribution < -0.4 is 0 Å². The van der Waals surface area contributed by atoms with E-state index in [2.05, 4.69) is 0 Å². The number of esters is 1. The first-order chi connectivity index (χ1) is 12.3. The van der Waals surface area contributed by atoms with Crippen LogP contribution in [-0.4, -0.2) is 34.9 Å². The molecule has 0 unspecified atom stereocenters. The number of nitro benzene ring substituents is 1. The number of carbonyl (C=O) groups is 2. The fourth-order valence-electron chi connectivity index (χ4n) is 2.56. The van der Waals surface area contributed by atoms with E-state index < -0.39 is 17.0 Å². The zero-order valence-electron chi connectivity index (χ0n) is 14.8. The van der Waals surface area contributed by atoms with E-state index in [0.717, 1.165) is 5.56 Å². The fraction of sp³-hybridized carbons (Fsp3) is 0.263. The number of carbonyl (C=O) groups excluding carboxylic acids is 2. The molecule has 1 amide bonds. The first kappa shape index (κ1) is 19.1. The largest absolute Gasteiger partial charge is 0.449 e. The smallest absolute Gasteiger partial charge is 0.339 e. The number of nitrogens with zero attached hydrogens (tertiary/aromatic N) is 2. The van der Waals surface area contributed by atoms with E-state index in [4.69, 9.17) is 4.74 Å². The van der Waals surface area contributed by atoms with Gasteiger partial charge in [-0.25, -0.2) is 4.79 Å². The number of rotatable bonds is 6. The van der Waals surface area contributed by atoms with Gasteiger partial charge in [-0.15, -0.1) is 0 Å². The van der Waals surface area contributed by atoms with Crippen molar-refractivity contribution in [2.45, 2.75) is 26.5 Å². The second kappa shape index (κ2) is 8.24. The zero-order chi connectivity index (χ0) is 19.3. The van der Waals surface area contributed by atoms with Gasteiger partial charge in [0.15, 0.2) is 6.10 Å². The van der Waals surface area contributed by atoms with Crippen LogP contribution >= 0.6 is 0 Å². The van der Waals surface area contributed by atoms with E-state index in [1.807, 2.05) is 30.3 Å². The van der Waals surface area contributed by atoms with E-state index in [-0.39, 0.29) is 22.7 Å². The van der Waals surface area contributed by atoms with Gasteiger partial charge >= 0.3 is 5.97 Å². The van der Waals surface area contributed by atoms with Gasteiger partial charge in [0.05, 0.1) is 10.5 Å². The van der Waals surface area contributed by atoms with Crippen LogP contribution in [0, 0.1) is 17.0 Å². The maximum atomic E-state index is 12.4. The van der Waals surface area contributed by atoms with E-state index in [1.165, 1.54) is 36.9 Å². The van der Waals surface area contributed by atoms with Crippen LogP contribution in [0.3, 0.4) is 0 Å². The van der Waals surface area contributed by atoms with E-state index in [9.17, 15) is 19.7 Å². The minimum Gasteiger partial charge on any atom is -0.449 e. The van der Waals surface area contributed by atoms with Gasteiger partial charge in [0, 0.05) is 25.2 Å². The van der Waals surface area contributed by atoms with Gasteiger partial charge in [0.2, 0.25) is 0 Å². The Morgan fingerprint density at radius 2 is 1.81 bits per heavy atom. The van der Waals surface area contributed by atoms with Crippen molar-refractivity contribution in [3.05, 3.63) is 75.3 Å². The predicted molar refractivity (Wildman–Crippen MR) is 95.6 cm³/mol. The SMILES string of the molecule is Cc1c(C(=O)O[C@H](C)C(=O)N(C)Cc2ccccc2)cccc1[N+](=O)[O-]. The predicted octanol–water partition coefficient (Wildman–Crippen LogP) is 3.11. The Morgan fingerprint density at radius 1 is 1.15 bits per heavy atom. The third-order valence-electron chi connectivity index (χ3n) is 3.99. The summed E-state index contributed by atoms with van der Waals surface area (Å²) in [5.74, 6) is -1.12. The molecule has 0 spiro atoms. The summed E-state index contributed by atoms with van der Waals surface area (Å²) in [6.45, 7) is 3.34. The fourth-order valence-corrected chi connectivity index (χ4v) is 2.56. The highest BCUT2D eigenvalue weighted by Crippen LogP contribution is 2.22. The first-order valence-electron chi connectivity index (χ1n) is 8.05. The van der Waals surface area contributed by atoms with Gasteiger partial charge < -0.3 is 9.64 Å². The van der Waals surface area contributed by atoms with Crippen LogP contribution in [0.15, 0.2) is 48.5 Å². The maximum Gasteiger partial charge on any atom is 0.339 e. The molecule has 2 aromatic carbocycles. The van der Waals surface area contributed by atoms with Gasteiger partial charge in [-0.3, -0.25) is 14.9 Å². The van der Waals surface area contributed by atoms with Crippen molar-refractivity contribution < 1.29 is 19.2 Å². The van der Waals surface area contributed by atoms with Crippen molar-refractivity contribution >= 4 is 17.6 Å². The Bertz CT molecular complexity index is 820. The van der Waals surface area contributed by atoms with Gasteiger partial charge in [0.1, 0.15) is 0 Å². The average Bonchev–Trinajstić information content (AvgIpc) is 2.61. The van der Waals surface area contributed by atoms with E-state index in [0.29, 0.717) is 6.54 Å². The van der Waals surface area contributed by atoms with E-state index in [1.54, 1.807) is 7.05 Å². The number of ether oxygens (including phenoxy) is 1. The molecule has 0 aliphatic rings. The molecule has 136 valence electrons. The number of likely N-dealkylation sites (N-methyl/N-ethyl adjacent to an activating group) is 1. The minimum absolute atomic E-state index is 0.0737. The number of amides is 1. The second-order valence-electron chi connectivity index (χ2n) is 5.93. The molecule has 0 aliphatic carbocycles. The molecular weight excluding hydrogens is 336 g/mol. The van der Waals surface area contributed by atoms with E-state index >= 15 is 0 Å². The summed E-state index contributed by atoms with van der Waals surface area (Å²) >= 11 is 0. The summed E-state index contributed by atoms with van der Waals surface area (Å²) in [5, 5.41) is 11.0. The Hall–Kier alpha value is -3.22. The Kier molecular flexibility index (Phi) is 6.06. The molecule has 7 nitrogen and oxygen atoms in total. The van der Waals surface area contributed by atoms with Crippen molar-refractivity contribution in [3.8, 4) is 0 Å². The molecule has 0 aromatic heterocycles. The highest BCUT2D eigenvalue weighted by molar-refractivity contribution is 5.94. The summed E-state index contributed by atoms with van der Waals surface area (Å²) in [7, 11) is 1.62. The lowest BCUT2D eigenvalue weighted by Gasteiger charge is -2.21. The van der Waals surface area contributed by atoms with Gasteiger partial charge in [-0.1, -0.05) is 36.4 Å². The molecule has 0 radical (unpaired) electrons. The van der Waals surface area contributed by atoms with Crippen LogP contribution in [0.5, 0.6) is 0 Å². The highest BCUT2D eigenvalue weighted by atomic mass is 16.6. The van der Waals surface area contributed by atoms with Gasteiger partial charge in [-0.05, 0) is 25.5 Å². The molecule has 2 aromatic rings. The molecule has 0 aliphatic heterocycles. The average molecular weight is 356 g/mol. The topological polar surface area (TPSA) is 89.8 Å². The third kappa shape index (κ3) is 4.44. The van der Waals surface area contributed by atoms with Crippen molar-refractivity contribution in [2.24, 2.45) is 0 Å². The minimum atomic E-state index is -1.00. The standard InChI is InChI=1S/C19H20N2O5/c1-13-16(10-7-11-17(13)21(24)25)19(23)26-14(2)18(22)20(3)12-15-8-5-4-6-9-15/h4-11,14H,12H2,1-3H3/t14-/m1/s1. The summed E-state index contributed by atoms with van der Waals surface area (Å²) in [6, 6.07) is 13.6. The van der Waals surface area contributed by atoms with Crippen molar-refractivity contribution in [1.29, 1.82) is 0 Å². The lowest BCUT2D eigenvalue weighted by Crippen LogP contribution is -2.37. The van der Waals surface area contributed by atoms with Crippen LogP contribution in [0.4, 0.5) is 5.69 Å². The lowest BCUT2D eigenvalue weighted by molar-refractivity contribution is -0.385. The molecule has 0 bridgehead atoms. The van der Waals surface area contributed by atoms with Crippen LogP contribution in [-0.2, 0) is 16.1 Å². The van der Waals surface area contributed by atoms with Crippen molar-refractivity contribution in [3.63, 3.8) is 0 Å². The van der Waals surface area contributed by atoms with Crippen LogP contribution in [0.25, 0.3) is 0 Å². The molecule has 0 fully saturated rings. The van der Waals surface area contributed by atoms with Gasteiger partial charge in [0.25, 0.3) is 11.6 Å². The maximum absolute atomic E-state index is 12.4. The normalized spacial score (nSPS) is 11.5. The molecule has 0 saturated heterocycles. The molecule has 0 saturated carbocycles. The molecule has 1 atom stereocenters. The Morgan fingerprint density at radius 3 is 2.42 bits per heavy atom. The highest BCUT2D eigenvalue weighted by Gasteiger charge is 2.25. The second-order valence-corrected chi connectivity index (χ2v) is 5.93. The van der Waals surface area contributed by atoms with Gasteiger partial charge in [-0.2, -0.15) is 0 Å². The molecule has 26 heavy (non-hydrogen) atoms. The number of hydrogen-bond acceptors (Lipinski definition) is 5.